The summed E-state index contributed by atoms with van der Waals surface area (Å²) in [6.45, 7) is 2.75. The fourth-order valence-electron chi connectivity index (χ4n) is 3.94. The van der Waals surface area contributed by atoms with Crippen molar-refractivity contribution < 1.29 is 13.2 Å². The first-order valence-electron chi connectivity index (χ1n) is 10.0. The van der Waals surface area contributed by atoms with Crippen LogP contribution >= 0.6 is 23.2 Å². The van der Waals surface area contributed by atoms with Gasteiger partial charge in [0.15, 0.2) is 0 Å². The summed E-state index contributed by atoms with van der Waals surface area (Å²) >= 11 is 12.2. The van der Waals surface area contributed by atoms with Gasteiger partial charge < -0.3 is 5.32 Å². The molecule has 8 heteroatoms. The minimum atomic E-state index is -3.26. The van der Waals surface area contributed by atoms with Crippen molar-refractivity contribution >= 4 is 39.1 Å². The third-order valence-corrected chi connectivity index (χ3v) is 8.26. The highest BCUT2D eigenvalue weighted by atomic mass is 35.5. The molecule has 1 saturated heterocycles. The fraction of sp³-hybridized carbons (Fsp3) is 0.409. The molecule has 1 heterocycles. The SMILES string of the molecule is CCS(=O)(=O)N1CCC(C(=O)NCCc2ccc(Cl)cc2Cl)(c2ccccc2)CC1. The number of hydrogen-bond donors (Lipinski definition) is 1. The Balaban J connectivity index is 1.74. The van der Waals surface area contributed by atoms with Gasteiger partial charge in [-0.3, -0.25) is 4.79 Å². The van der Waals surface area contributed by atoms with E-state index in [1.165, 1.54) is 4.31 Å². The summed E-state index contributed by atoms with van der Waals surface area (Å²) in [5, 5.41) is 4.20. The molecule has 0 aromatic heterocycles. The maximum Gasteiger partial charge on any atom is 0.230 e. The van der Waals surface area contributed by atoms with Crippen LogP contribution in [0.3, 0.4) is 0 Å². The van der Waals surface area contributed by atoms with E-state index in [1.54, 1.807) is 19.1 Å². The maximum atomic E-state index is 13.3. The first-order chi connectivity index (χ1) is 14.3. The lowest BCUT2D eigenvalue weighted by Crippen LogP contribution is -2.53. The summed E-state index contributed by atoms with van der Waals surface area (Å²) in [6.07, 6.45) is 1.48. The van der Waals surface area contributed by atoms with Crippen LogP contribution in [0.2, 0.25) is 10.0 Å². The molecule has 1 amide bonds. The van der Waals surface area contributed by atoms with Crippen LogP contribution in [-0.2, 0) is 26.7 Å². The lowest BCUT2D eigenvalue weighted by atomic mass is 9.72. The van der Waals surface area contributed by atoms with Crippen LogP contribution in [0, 0.1) is 0 Å². The van der Waals surface area contributed by atoms with Crippen molar-refractivity contribution in [3.63, 3.8) is 0 Å². The molecule has 0 atom stereocenters. The molecule has 1 aliphatic heterocycles. The molecule has 0 aliphatic carbocycles. The van der Waals surface area contributed by atoms with E-state index in [4.69, 9.17) is 23.2 Å². The Kier molecular flexibility index (Phi) is 7.45. The molecular weight excluding hydrogens is 443 g/mol. The molecule has 0 radical (unpaired) electrons. The van der Waals surface area contributed by atoms with E-state index < -0.39 is 15.4 Å². The van der Waals surface area contributed by atoms with E-state index >= 15 is 0 Å². The summed E-state index contributed by atoms with van der Waals surface area (Å²) in [6, 6.07) is 14.9. The molecule has 2 aromatic rings. The number of piperidine rings is 1. The van der Waals surface area contributed by atoms with E-state index in [9.17, 15) is 13.2 Å². The number of nitrogens with one attached hydrogen (secondary N) is 1. The Labute approximate surface area is 188 Å². The van der Waals surface area contributed by atoms with Crippen molar-refractivity contribution in [3.8, 4) is 0 Å². The molecule has 2 aromatic carbocycles. The molecule has 0 bridgehead atoms. The number of nitrogens with zero attached hydrogens (tertiary/aromatic N) is 1. The highest BCUT2D eigenvalue weighted by Gasteiger charge is 2.44. The van der Waals surface area contributed by atoms with E-state index in [0.717, 1.165) is 11.1 Å². The predicted molar refractivity (Wildman–Crippen MR) is 122 cm³/mol. The van der Waals surface area contributed by atoms with Gasteiger partial charge in [-0.2, -0.15) is 0 Å². The second-order valence-corrected chi connectivity index (χ2v) is 10.6. The quantitative estimate of drug-likeness (QED) is 0.666. The summed E-state index contributed by atoms with van der Waals surface area (Å²) in [4.78, 5) is 13.3. The number of sulfonamides is 1. The van der Waals surface area contributed by atoms with Crippen molar-refractivity contribution in [1.29, 1.82) is 0 Å². The van der Waals surface area contributed by atoms with Crippen LogP contribution in [0.25, 0.3) is 0 Å². The Hall–Kier alpha value is -1.60. The molecule has 1 N–H and O–H groups in total. The number of benzene rings is 2. The normalized spacial score (nSPS) is 16.9. The van der Waals surface area contributed by atoms with E-state index in [2.05, 4.69) is 5.32 Å². The summed E-state index contributed by atoms with van der Waals surface area (Å²) in [7, 11) is -3.26. The highest BCUT2D eigenvalue weighted by molar-refractivity contribution is 7.89. The van der Waals surface area contributed by atoms with Gasteiger partial charge in [0.05, 0.1) is 11.2 Å². The largest absolute Gasteiger partial charge is 0.355 e. The van der Waals surface area contributed by atoms with Crippen LogP contribution in [0.4, 0.5) is 0 Å². The molecule has 0 spiro atoms. The van der Waals surface area contributed by atoms with Crippen molar-refractivity contribution in [2.75, 3.05) is 25.4 Å². The predicted octanol–water partition coefficient (Wildman–Crippen LogP) is 4.04. The third-order valence-electron chi connectivity index (χ3n) is 5.79. The summed E-state index contributed by atoms with van der Waals surface area (Å²) < 4.78 is 26.0. The Bertz CT molecular complexity index is 989. The minimum Gasteiger partial charge on any atom is -0.355 e. The van der Waals surface area contributed by atoms with Crippen LogP contribution in [0.1, 0.15) is 30.9 Å². The standard InChI is InChI=1S/C22H26Cl2N2O3S/c1-2-30(28,29)26-14-11-22(12-15-26,18-6-4-3-5-7-18)21(27)25-13-10-17-8-9-19(23)16-20(17)24/h3-9,16H,2,10-15H2,1H3,(H,25,27). The monoisotopic (exact) mass is 468 g/mol. The third kappa shape index (κ3) is 4.99. The number of rotatable bonds is 7. The lowest BCUT2D eigenvalue weighted by Gasteiger charge is -2.40. The Morgan fingerprint density at radius 2 is 1.77 bits per heavy atom. The van der Waals surface area contributed by atoms with Gasteiger partial charge in [0.25, 0.3) is 0 Å². The van der Waals surface area contributed by atoms with Crippen molar-refractivity contribution in [1.82, 2.24) is 9.62 Å². The molecular formula is C22H26Cl2N2O3S. The molecule has 1 fully saturated rings. The van der Waals surface area contributed by atoms with E-state index in [0.29, 0.717) is 48.9 Å². The molecule has 1 aliphatic rings. The second-order valence-electron chi connectivity index (χ2n) is 7.49. The number of amides is 1. The zero-order valence-corrected chi connectivity index (χ0v) is 19.2. The Morgan fingerprint density at radius 1 is 1.10 bits per heavy atom. The molecule has 0 saturated carbocycles. The number of halogens is 2. The van der Waals surface area contributed by atoms with Crippen LogP contribution in [-0.4, -0.2) is 44.0 Å². The van der Waals surface area contributed by atoms with Gasteiger partial charge >= 0.3 is 0 Å². The van der Waals surface area contributed by atoms with Crippen LogP contribution < -0.4 is 5.32 Å². The number of carbonyl (C=O) groups is 1. The van der Waals surface area contributed by atoms with Gasteiger partial charge in [0.2, 0.25) is 15.9 Å². The van der Waals surface area contributed by atoms with Gasteiger partial charge in [-0.15, -0.1) is 0 Å². The van der Waals surface area contributed by atoms with E-state index in [-0.39, 0.29) is 11.7 Å². The number of carbonyl (C=O) groups excluding carboxylic acids is 1. The first-order valence-corrected chi connectivity index (χ1v) is 12.4. The van der Waals surface area contributed by atoms with Gasteiger partial charge in [-0.25, -0.2) is 12.7 Å². The minimum absolute atomic E-state index is 0.0688. The van der Waals surface area contributed by atoms with Crippen LogP contribution in [0.15, 0.2) is 48.5 Å². The molecule has 0 unspecified atom stereocenters. The van der Waals surface area contributed by atoms with Gasteiger partial charge in [0, 0.05) is 29.7 Å². The summed E-state index contributed by atoms with van der Waals surface area (Å²) in [5.74, 6) is -0.00771. The number of hydrogen-bond acceptors (Lipinski definition) is 3. The molecule has 3 rings (SSSR count). The van der Waals surface area contributed by atoms with Crippen molar-refractivity contribution in [2.24, 2.45) is 0 Å². The van der Waals surface area contributed by atoms with Crippen molar-refractivity contribution in [3.05, 3.63) is 69.7 Å². The highest BCUT2D eigenvalue weighted by Crippen LogP contribution is 2.36. The van der Waals surface area contributed by atoms with Crippen molar-refractivity contribution in [2.45, 2.75) is 31.6 Å². The molecule has 162 valence electrons. The van der Waals surface area contributed by atoms with Gasteiger partial charge in [0.1, 0.15) is 0 Å². The topological polar surface area (TPSA) is 66.5 Å². The van der Waals surface area contributed by atoms with E-state index in [1.807, 2.05) is 36.4 Å². The molecule has 30 heavy (non-hydrogen) atoms. The summed E-state index contributed by atoms with van der Waals surface area (Å²) in [5.41, 5.74) is 1.09. The smallest absolute Gasteiger partial charge is 0.230 e. The molecule has 5 nitrogen and oxygen atoms in total. The lowest BCUT2D eigenvalue weighted by molar-refractivity contribution is -0.128. The maximum absolute atomic E-state index is 13.3. The van der Waals surface area contributed by atoms with Crippen LogP contribution in [0.5, 0.6) is 0 Å². The zero-order chi connectivity index (χ0) is 21.8. The van der Waals surface area contributed by atoms with Gasteiger partial charge in [-0.1, -0.05) is 59.6 Å². The second kappa shape index (κ2) is 9.69. The van der Waals surface area contributed by atoms with Gasteiger partial charge in [-0.05, 0) is 49.4 Å². The average Bonchev–Trinajstić information content (AvgIpc) is 2.75. The average molecular weight is 469 g/mol. The zero-order valence-electron chi connectivity index (χ0n) is 16.9. The first kappa shape index (κ1) is 23.1. The fourth-order valence-corrected chi connectivity index (χ4v) is 5.54. The Morgan fingerprint density at radius 3 is 2.37 bits per heavy atom.